The summed E-state index contributed by atoms with van der Waals surface area (Å²) in [6, 6.07) is 4.27. The number of benzene rings is 1. The van der Waals surface area contributed by atoms with E-state index in [0.29, 0.717) is 12.2 Å². The number of rotatable bonds is 3. The average Bonchev–Trinajstić information content (AvgIpc) is 2.20. The van der Waals surface area contributed by atoms with Crippen LogP contribution in [0.4, 0.5) is 0 Å². The molecule has 0 spiro atoms. The lowest BCUT2D eigenvalue weighted by molar-refractivity contribution is -0.137. The first-order valence-electron chi connectivity index (χ1n) is 4.50. The van der Waals surface area contributed by atoms with Gasteiger partial charge in [0, 0.05) is 6.08 Å². The first-order valence-corrected chi connectivity index (χ1v) is 4.50. The molecule has 0 aromatic heterocycles. The van der Waals surface area contributed by atoms with Crippen molar-refractivity contribution in [3.05, 3.63) is 29.8 Å². The molecule has 0 saturated carbocycles. The van der Waals surface area contributed by atoms with Gasteiger partial charge >= 0.3 is 5.97 Å². The van der Waals surface area contributed by atoms with E-state index in [4.69, 9.17) is 10.2 Å². The summed E-state index contributed by atoms with van der Waals surface area (Å²) < 4.78 is 4.68. The van der Waals surface area contributed by atoms with Gasteiger partial charge in [0.15, 0.2) is 11.5 Å². The molecule has 4 nitrogen and oxygen atoms in total. The van der Waals surface area contributed by atoms with Gasteiger partial charge in [-0.3, -0.25) is 0 Å². The molecule has 0 atom stereocenters. The number of phenols is 2. The van der Waals surface area contributed by atoms with E-state index < -0.39 is 5.97 Å². The van der Waals surface area contributed by atoms with Crippen molar-refractivity contribution in [3.63, 3.8) is 0 Å². The average molecular weight is 208 g/mol. The van der Waals surface area contributed by atoms with Gasteiger partial charge < -0.3 is 14.9 Å². The summed E-state index contributed by atoms with van der Waals surface area (Å²) in [6.07, 6.45) is 2.76. The van der Waals surface area contributed by atoms with Gasteiger partial charge in [-0.05, 0) is 30.7 Å². The third-order valence-corrected chi connectivity index (χ3v) is 1.70. The van der Waals surface area contributed by atoms with Crippen LogP contribution in [0, 0.1) is 0 Å². The molecule has 0 aliphatic rings. The SMILES string of the molecule is CCOC(=O)C=Cc1ccc(O)c(O)c1. The highest BCUT2D eigenvalue weighted by atomic mass is 16.5. The first kappa shape index (κ1) is 11.1. The van der Waals surface area contributed by atoms with Gasteiger partial charge in [0.05, 0.1) is 6.61 Å². The van der Waals surface area contributed by atoms with Crippen LogP contribution in [-0.2, 0) is 9.53 Å². The van der Waals surface area contributed by atoms with Crippen LogP contribution in [0.25, 0.3) is 6.08 Å². The smallest absolute Gasteiger partial charge is 0.330 e. The summed E-state index contributed by atoms with van der Waals surface area (Å²) in [5, 5.41) is 18.2. The van der Waals surface area contributed by atoms with Crippen molar-refractivity contribution >= 4 is 12.0 Å². The van der Waals surface area contributed by atoms with Crippen molar-refractivity contribution in [1.29, 1.82) is 0 Å². The largest absolute Gasteiger partial charge is 0.504 e. The van der Waals surface area contributed by atoms with E-state index in [1.165, 1.54) is 24.3 Å². The number of ether oxygens (including phenoxy) is 1. The molecule has 1 aromatic carbocycles. The Morgan fingerprint density at radius 1 is 1.40 bits per heavy atom. The summed E-state index contributed by atoms with van der Waals surface area (Å²) in [4.78, 5) is 10.9. The Morgan fingerprint density at radius 3 is 2.73 bits per heavy atom. The second kappa shape index (κ2) is 5.05. The molecule has 80 valence electrons. The molecule has 0 fully saturated rings. The highest BCUT2D eigenvalue weighted by molar-refractivity contribution is 5.87. The van der Waals surface area contributed by atoms with Gasteiger partial charge in [-0.15, -0.1) is 0 Å². The van der Waals surface area contributed by atoms with Gasteiger partial charge in [-0.2, -0.15) is 0 Å². The number of carbonyl (C=O) groups excluding carboxylic acids is 1. The van der Waals surface area contributed by atoms with E-state index >= 15 is 0 Å². The fourth-order valence-corrected chi connectivity index (χ4v) is 0.999. The van der Waals surface area contributed by atoms with Crippen molar-refractivity contribution < 1.29 is 19.7 Å². The second-order valence-electron chi connectivity index (χ2n) is 2.83. The maximum atomic E-state index is 10.9. The summed E-state index contributed by atoms with van der Waals surface area (Å²) in [5.41, 5.74) is 0.610. The number of esters is 1. The quantitative estimate of drug-likeness (QED) is 0.450. The van der Waals surface area contributed by atoms with E-state index in [0.717, 1.165) is 0 Å². The van der Waals surface area contributed by atoms with E-state index in [-0.39, 0.29) is 11.5 Å². The molecular weight excluding hydrogens is 196 g/mol. The topological polar surface area (TPSA) is 66.8 Å². The number of hydrogen-bond donors (Lipinski definition) is 2. The molecule has 4 heteroatoms. The molecule has 15 heavy (non-hydrogen) atoms. The zero-order valence-electron chi connectivity index (χ0n) is 8.30. The van der Waals surface area contributed by atoms with E-state index in [1.54, 1.807) is 13.0 Å². The summed E-state index contributed by atoms with van der Waals surface area (Å²) >= 11 is 0. The molecule has 1 aromatic rings. The van der Waals surface area contributed by atoms with Gasteiger partial charge in [-0.25, -0.2) is 4.79 Å². The Kier molecular flexibility index (Phi) is 3.74. The Labute approximate surface area is 87.4 Å². The van der Waals surface area contributed by atoms with Gasteiger partial charge in [-0.1, -0.05) is 6.07 Å². The highest BCUT2D eigenvalue weighted by Gasteiger charge is 1.99. The predicted molar refractivity (Wildman–Crippen MR) is 55.4 cm³/mol. The lowest BCUT2D eigenvalue weighted by Crippen LogP contribution is -1.98. The Hall–Kier alpha value is -1.97. The van der Waals surface area contributed by atoms with Crippen LogP contribution < -0.4 is 0 Å². The van der Waals surface area contributed by atoms with E-state index in [2.05, 4.69) is 4.74 Å². The lowest BCUT2D eigenvalue weighted by atomic mass is 10.2. The highest BCUT2D eigenvalue weighted by Crippen LogP contribution is 2.25. The minimum Gasteiger partial charge on any atom is -0.504 e. The van der Waals surface area contributed by atoms with E-state index in [1.807, 2.05) is 0 Å². The normalized spacial score (nSPS) is 10.5. The Morgan fingerprint density at radius 2 is 2.13 bits per heavy atom. The summed E-state index contributed by atoms with van der Waals surface area (Å²) in [6.45, 7) is 2.04. The standard InChI is InChI=1S/C11H12O4/c1-2-15-11(14)6-4-8-3-5-9(12)10(13)7-8/h3-7,12-13H,2H2,1H3. The zero-order chi connectivity index (χ0) is 11.3. The Balaban J connectivity index is 2.72. The summed E-state index contributed by atoms with van der Waals surface area (Å²) in [5.74, 6) is -0.852. The maximum Gasteiger partial charge on any atom is 0.330 e. The minimum atomic E-state index is -0.440. The number of carbonyl (C=O) groups is 1. The third kappa shape index (κ3) is 3.34. The van der Waals surface area contributed by atoms with Crippen LogP contribution in [0.15, 0.2) is 24.3 Å². The lowest BCUT2D eigenvalue weighted by Gasteiger charge is -1.98. The molecule has 0 heterocycles. The molecule has 0 bridgehead atoms. The molecule has 2 N–H and O–H groups in total. The fourth-order valence-electron chi connectivity index (χ4n) is 0.999. The van der Waals surface area contributed by atoms with Crippen molar-refractivity contribution in [2.45, 2.75) is 6.92 Å². The molecule has 0 aliphatic heterocycles. The van der Waals surface area contributed by atoms with Gasteiger partial charge in [0.1, 0.15) is 0 Å². The molecule has 1 rings (SSSR count). The Bertz CT molecular complexity index is 382. The van der Waals surface area contributed by atoms with Crippen molar-refractivity contribution in [2.75, 3.05) is 6.61 Å². The van der Waals surface area contributed by atoms with Crippen molar-refractivity contribution in [1.82, 2.24) is 0 Å². The molecule has 0 aliphatic carbocycles. The van der Waals surface area contributed by atoms with Crippen LogP contribution >= 0.6 is 0 Å². The van der Waals surface area contributed by atoms with Crippen LogP contribution in [0.5, 0.6) is 11.5 Å². The minimum absolute atomic E-state index is 0.191. The van der Waals surface area contributed by atoms with Crippen LogP contribution in [0.2, 0.25) is 0 Å². The maximum absolute atomic E-state index is 10.9. The first-order chi connectivity index (χ1) is 7.13. The van der Waals surface area contributed by atoms with Gasteiger partial charge in [0.2, 0.25) is 0 Å². The molecular formula is C11H12O4. The third-order valence-electron chi connectivity index (χ3n) is 1.70. The number of hydrogen-bond acceptors (Lipinski definition) is 4. The number of aromatic hydroxyl groups is 2. The fraction of sp³-hybridized carbons (Fsp3) is 0.182. The van der Waals surface area contributed by atoms with Crippen LogP contribution in [0.1, 0.15) is 12.5 Å². The van der Waals surface area contributed by atoms with Crippen molar-refractivity contribution in [3.8, 4) is 11.5 Å². The number of phenolic OH excluding ortho intramolecular Hbond substituents is 2. The molecule has 0 saturated heterocycles. The van der Waals surface area contributed by atoms with Crippen LogP contribution in [0.3, 0.4) is 0 Å². The zero-order valence-corrected chi connectivity index (χ0v) is 8.30. The van der Waals surface area contributed by atoms with Crippen LogP contribution in [-0.4, -0.2) is 22.8 Å². The monoisotopic (exact) mass is 208 g/mol. The molecule has 0 unspecified atom stereocenters. The van der Waals surface area contributed by atoms with Crippen molar-refractivity contribution in [2.24, 2.45) is 0 Å². The van der Waals surface area contributed by atoms with E-state index in [9.17, 15) is 4.79 Å². The van der Waals surface area contributed by atoms with Gasteiger partial charge in [0.25, 0.3) is 0 Å². The molecule has 0 radical (unpaired) electrons. The molecule has 0 amide bonds. The predicted octanol–water partition coefficient (Wildman–Crippen LogP) is 1.67. The summed E-state index contributed by atoms with van der Waals surface area (Å²) in [7, 11) is 0. The second-order valence-corrected chi connectivity index (χ2v) is 2.83.